The highest BCUT2D eigenvalue weighted by molar-refractivity contribution is 7.91. The van der Waals surface area contributed by atoms with E-state index in [2.05, 4.69) is 33.8 Å². The van der Waals surface area contributed by atoms with Gasteiger partial charge in [0.25, 0.3) is 0 Å². The summed E-state index contributed by atoms with van der Waals surface area (Å²) in [5.41, 5.74) is 0.849. The molecule has 3 atom stereocenters. The van der Waals surface area contributed by atoms with Gasteiger partial charge in [-0.2, -0.15) is 0 Å². The summed E-state index contributed by atoms with van der Waals surface area (Å²) in [7, 11) is -0.810. The Bertz CT molecular complexity index is 802. The molecular formula is C17H26N4O2S. The van der Waals surface area contributed by atoms with Gasteiger partial charge in [0, 0.05) is 25.0 Å². The van der Waals surface area contributed by atoms with Crippen molar-refractivity contribution in [2.24, 2.45) is 11.8 Å². The number of fused-ring (bicyclic) bond motifs is 1. The zero-order valence-electron chi connectivity index (χ0n) is 14.6. The fourth-order valence-corrected chi connectivity index (χ4v) is 5.25. The average Bonchev–Trinajstić information content (AvgIpc) is 3.02. The number of hydrogen-bond donors (Lipinski definition) is 1. The molecule has 0 saturated heterocycles. The fraction of sp³-hybridized carbons (Fsp3) is 0.647. The standard InChI is InChI=1S/C17H26N4O2S/c1-4-24(22,23)10-13-5-6-15(12(2)9-13)21(3)17-14-7-8-18-16(14)19-11-20-17/h7-8,11-13,15H,4-6,9-10H2,1-3H3,(H,18,19,20)/t12-,13+,15+/m0/s1. The SMILES string of the molecule is CCS(=O)(=O)C[C@@H]1CC[C@@H](N(C)c2ncnc3[nH]ccc23)[C@@H](C)C1. The third-order valence-electron chi connectivity index (χ3n) is 5.33. The molecule has 3 rings (SSSR count). The molecular weight excluding hydrogens is 324 g/mol. The molecule has 0 bridgehead atoms. The summed E-state index contributed by atoms with van der Waals surface area (Å²) in [6.07, 6.45) is 6.38. The van der Waals surface area contributed by atoms with Gasteiger partial charge in [-0.1, -0.05) is 13.8 Å². The van der Waals surface area contributed by atoms with Crippen molar-refractivity contribution in [1.82, 2.24) is 15.0 Å². The summed E-state index contributed by atoms with van der Waals surface area (Å²) in [6, 6.07) is 2.38. The number of hydrogen-bond acceptors (Lipinski definition) is 5. The number of aromatic amines is 1. The van der Waals surface area contributed by atoms with Crippen LogP contribution in [-0.4, -0.2) is 48.0 Å². The van der Waals surface area contributed by atoms with E-state index in [-0.39, 0.29) is 11.7 Å². The van der Waals surface area contributed by atoms with E-state index >= 15 is 0 Å². The Kier molecular flexibility index (Phi) is 4.80. The van der Waals surface area contributed by atoms with Gasteiger partial charge in [0.05, 0.1) is 11.1 Å². The summed E-state index contributed by atoms with van der Waals surface area (Å²) in [6.45, 7) is 3.96. The van der Waals surface area contributed by atoms with Gasteiger partial charge >= 0.3 is 0 Å². The molecule has 1 aliphatic rings. The molecule has 0 spiro atoms. The van der Waals surface area contributed by atoms with E-state index < -0.39 is 9.84 Å². The van der Waals surface area contributed by atoms with E-state index in [1.807, 2.05) is 12.3 Å². The Morgan fingerprint density at radius 2 is 2.12 bits per heavy atom. The van der Waals surface area contributed by atoms with Crippen molar-refractivity contribution in [3.05, 3.63) is 18.6 Å². The monoisotopic (exact) mass is 350 g/mol. The second-order valence-electron chi connectivity index (χ2n) is 6.97. The van der Waals surface area contributed by atoms with Crippen LogP contribution < -0.4 is 4.90 Å². The zero-order valence-corrected chi connectivity index (χ0v) is 15.4. The molecule has 0 aromatic carbocycles. The van der Waals surface area contributed by atoms with Crippen molar-refractivity contribution in [3.8, 4) is 0 Å². The van der Waals surface area contributed by atoms with Crippen LogP contribution in [0.5, 0.6) is 0 Å². The predicted molar refractivity (Wildman–Crippen MR) is 96.9 cm³/mol. The molecule has 1 N–H and O–H groups in total. The van der Waals surface area contributed by atoms with Crippen molar-refractivity contribution in [1.29, 1.82) is 0 Å². The minimum Gasteiger partial charge on any atom is -0.356 e. The number of nitrogens with one attached hydrogen (secondary N) is 1. The van der Waals surface area contributed by atoms with Gasteiger partial charge in [0.2, 0.25) is 0 Å². The van der Waals surface area contributed by atoms with Crippen molar-refractivity contribution >= 4 is 26.7 Å². The van der Waals surface area contributed by atoms with Crippen LogP contribution in [0.1, 0.15) is 33.1 Å². The second kappa shape index (κ2) is 6.70. The van der Waals surface area contributed by atoms with Crippen LogP contribution >= 0.6 is 0 Å². The molecule has 1 aliphatic carbocycles. The highest BCUT2D eigenvalue weighted by atomic mass is 32.2. The normalized spacial score (nSPS) is 25.0. The van der Waals surface area contributed by atoms with Crippen LogP contribution in [0.25, 0.3) is 11.0 Å². The molecule has 2 heterocycles. The van der Waals surface area contributed by atoms with E-state index in [4.69, 9.17) is 0 Å². The summed E-state index contributed by atoms with van der Waals surface area (Å²) in [4.78, 5) is 14.1. The molecule has 1 fully saturated rings. The molecule has 24 heavy (non-hydrogen) atoms. The number of anilines is 1. The lowest BCUT2D eigenvalue weighted by atomic mass is 9.79. The van der Waals surface area contributed by atoms with Gasteiger partial charge < -0.3 is 9.88 Å². The highest BCUT2D eigenvalue weighted by Gasteiger charge is 2.33. The van der Waals surface area contributed by atoms with Crippen LogP contribution in [0.15, 0.2) is 18.6 Å². The van der Waals surface area contributed by atoms with Crippen LogP contribution in [0.2, 0.25) is 0 Å². The maximum atomic E-state index is 11.9. The van der Waals surface area contributed by atoms with E-state index in [0.29, 0.717) is 17.7 Å². The van der Waals surface area contributed by atoms with Gasteiger partial charge in [-0.3, -0.25) is 0 Å². The molecule has 0 radical (unpaired) electrons. The van der Waals surface area contributed by atoms with Gasteiger partial charge in [0.15, 0.2) is 0 Å². The van der Waals surface area contributed by atoms with Crippen molar-refractivity contribution in [2.45, 2.75) is 39.2 Å². The van der Waals surface area contributed by atoms with Crippen molar-refractivity contribution in [3.63, 3.8) is 0 Å². The third kappa shape index (κ3) is 3.41. The fourth-order valence-electron chi connectivity index (χ4n) is 3.99. The van der Waals surface area contributed by atoms with Crippen LogP contribution in [0.3, 0.4) is 0 Å². The molecule has 7 heteroatoms. The van der Waals surface area contributed by atoms with E-state index in [1.54, 1.807) is 13.3 Å². The average molecular weight is 350 g/mol. The third-order valence-corrected chi connectivity index (χ3v) is 7.19. The lowest BCUT2D eigenvalue weighted by Gasteiger charge is -2.40. The lowest BCUT2D eigenvalue weighted by molar-refractivity contribution is 0.258. The van der Waals surface area contributed by atoms with Crippen LogP contribution in [0, 0.1) is 11.8 Å². The maximum Gasteiger partial charge on any atom is 0.150 e. The molecule has 2 aromatic heterocycles. The minimum absolute atomic E-state index is 0.244. The lowest BCUT2D eigenvalue weighted by Crippen LogP contribution is -2.42. The number of H-pyrrole nitrogens is 1. The van der Waals surface area contributed by atoms with E-state index in [1.165, 1.54) is 0 Å². The second-order valence-corrected chi connectivity index (χ2v) is 9.37. The summed E-state index contributed by atoms with van der Waals surface area (Å²) >= 11 is 0. The zero-order chi connectivity index (χ0) is 17.3. The first kappa shape index (κ1) is 17.2. The van der Waals surface area contributed by atoms with Crippen molar-refractivity contribution in [2.75, 3.05) is 23.5 Å². The topological polar surface area (TPSA) is 79.0 Å². The molecule has 0 amide bonds. The Hall–Kier alpha value is -1.63. The Morgan fingerprint density at radius 1 is 1.33 bits per heavy atom. The van der Waals surface area contributed by atoms with Gasteiger partial charge in [-0.05, 0) is 37.2 Å². The maximum absolute atomic E-state index is 11.9. The molecule has 132 valence electrons. The summed E-state index contributed by atoms with van der Waals surface area (Å²) in [5.74, 6) is 2.24. The number of aromatic nitrogens is 3. The van der Waals surface area contributed by atoms with E-state index in [9.17, 15) is 8.42 Å². The summed E-state index contributed by atoms with van der Waals surface area (Å²) in [5, 5.41) is 1.03. The van der Waals surface area contributed by atoms with E-state index in [0.717, 1.165) is 36.1 Å². The molecule has 6 nitrogen and oxygen atoms in total. The van der Waals surface area contributed by atoms with Crippen LogP contribution in [0.4, 0.5) is 5.82 Å². The van der Waals surface area contributed by atoms with Gasteiger partial charge in [0.1, 0.15) is 27.6 Å². The largest absolute Gasteiger partial charge is 0.356 e. The van der Waals surface area contributed by atoms with Crippen LogP contribution in [-0.2, 0) is 9.84 Å². The number of rotatable bonds is 5. The first-order valence-electron chi connectivity index (χ1n) is 8.62. The molecule has 2 aromatic rings. The predicted octanol–water partition coefficient (Wildman–Crippen LogP) is 2.63. The first-order valence-corrected chi connectivity index (χ1v) is 10.4. The van der Waals surface area contributed by atoms with Crippen molar-refractivity contribution < 1.29 is 8.42 Å². The minimum atomic E-state index is -2.89. The number of sulfone groups is 1. The molecule has 1 saturated carbocycles. The molecule has 0 unspecified atom stereocenters. The summed E-state index contributed by atoms with van der Waals surface area (Å²) < 4.78 is 23.8. The van der Waals surface area contributed by atoms with Gasteiger partial charge in [-0.15, -0.1) is 0 Å². The smallest absolute Gasteiger partial charge is 0.150 e. The number of nitrogens with zero attached hydrogens (tertiary/aromatic N) is 3. The Balaban J connectivity index is 1.73. The molecule has 0 aliphatic heterocycles. The quantitative estimate of drug-likeness (QED) is 0.897. The Labute approximate surface area is 143 Å². The van der Waals surface area contributed by atoms with Gasteiger partial charge in [-0.25, -0.2) is 18.4 Å². The highest BCUT2D eigenvalue weighted by Crippen LogP contribution is 2.35. The Morgan fingerprint density at radius 3 is 2.83 bits per heavy atom. The first-order chi connectivity index (χ1) is 11.4.